The molecule has 1 saturated heterocycles. The third-order valence-electron chi connectivity index (χ3n) is 5.22. The second-order valence-corrected chi connectivity index (χ2v) is 7.58. The van der Waals surface area contributed by atoms with Gasteiger partial charge in [-0.1, -0.05) is 38.1 Å². The summed E-state index contributed by atoms with van der Waals surface area (Å²) in [5.41, 5.74) is 3.34. The van der Waals surface area contributed by atoms with Gasteiger partial charge in [-0.3, -0.25) is 9.59 Å². The van der Waals surface area contributed by atoms with Crippen molar-refractivity contribution in [2.24, 2.45) is 0 Å². The molecule has 27 heavy (non-hydrogen) atoms. The van der Waals surface area contributed by atoms with E-state index in [-0.39, 0.29) is 11.8 Å². The van der Waals surface area contributed by atoms with E-state index in [0.29, 0.717) is 31.8 Å². The van der Waals surface area contributed by atoms with E-state index in [4.69, 9.17) is 0 Å². The molecule has 0 saturated carbocycles. The fraction of sp³-hybridized carbons (Fsp3) is 0.455. The Morgan fingerprint density at radius 2 is 1.48 bits per heavy atom. The van der Waals surface area contributed by atoms with Crippen molar-refractivity contribution in [3.05, 3.63) is 59.4 Å². The van der Waals surface area contributed by atoms with Gasteiger partial charge in [-0.15, -0.1) is 0 Å². The zero-order chi connectivity index (χ0) is 19.2. The number of aromatic amines is 1. The lowest BCUT2D eigenvalue weighted by molar-refractivity contribution is -0.132. The lowest BCUT2D eigenvalue weighted by atomic mass is 10.0. The molecule has 3 rings (SSSR count). The zero-order valence-electron chi connectivity index (χ0n) is 16.3. The van der Waals surface area contributed by atoms with E-state index >= 15 is 0 Å². The first-order chi connectivity index (χ1) is 13.0. The number of carbonyl (C=O) groups is 2. The highest BCUT2D eigenvalue weighted by Crippen LogP contribution is 2.16. The van der Waals surface area contributed by atoms with Gasteiger partial charge >= 0.3 is 0 Å². The van der Waals surface area contributed by atoms with Crippen LogP contribution in [0.2, 0.25) is 0 Å². The third kappa shape index (κ3) is 5.22. The number of hydrogen-bond acceptors (Lipinski definition) is 2. The number of carbonyl (C=O) groups excluding carboxylic acids is 2. The lowest BCUT2D eigenvalue weighted by Crippen LogP contribution is -2.38. The van der Waals surface area contributed by atoms with Crippen LogP contribution in [0.15, 0.2) is 42.7 Å². The van der Waals surface area contributed by atoms with Crippen molar-refractivity contribution in [1.82, 2.24) is 14.8 Å². The zero-order valence-corrected chi connectivity index (χ0v) is 16.3. The number of H-pyrrole nitrogens is 1. The molecule has 1 aliphatic rings. The van der Waals surface area contributed by atoms with Crippen LogP contribution in [-0.4, -0.2) is 52.8 Å². The summed E-state index contributed by atoms with van der Waals surface area (Å²) < 4.78 is 0. The number of aromatic nitrogens is 1. The minimum Gasteiger partial charge on any atom is -0.367 e. The first kappa shape index (κ1) is 19.2. The van der Waals surface area contributed by atoms with Crippen LogP contribution in [0.4, 0.5) is 0 Å². The smallest absolute Gasteiger partial charge is 0.227 e. The van der Waals surface area contributed by atoms with Gasteiger partial charge in [-0.25, -0.2) is 0 Å². The molecule has 0 aliphatic carbocycles. The molecular weight excluding hydrogens is 338 g/mol. The summed E-state index contributed by atoms with van der Waals surface area (Å²) in [6, 6.07) is 10.2. The van der Waals surface area contributed by atoms with Crippen molar-refractivity contribution in [3.63, 3.8) is 0 Å². The van der Waals surface area contributed by atoms with Crippen LogP contribution in [0.25, 0.3) is 0 Å². The summed E-state index contributed by atoms with van der Waals surface area (Å²) in [7, 11) is 0. The van der Waals surface area contributed by atoms with Crippen molar-refractivity contribution in [2.45, 2.75) is 39.0 Å². The molecule has 5 heteroatoms. The Bertz CT molecular complexity index is 750. The summed E-state index contributed by atoms with van der Waals surface area (Å²) in [5, 5.41) is 0. The van der Waals surface area contributed by atoms with Gasteiger partial charge in [0.15, 0.2) is 0 Å². The molecule has 1 aliphatic heterocycles. The Morgan fingerprint density at radius 3 is 2.00 bits per heavy atom. The lowest BCUT2D eigenvalue weighted by Gasteiger charge is -2.22. The molecule has 1 N–H and O–H groups in total. The van der Waals surface area contributed by atoms with E-state index < -0.39 is 0 Å². The minimum absolute atomic E-state index is 0.133. The summed E-state index contributed by atoms with van der Waals surface area (Å²) in [4.78, 5) is 31.9. The average Bonchev–Trinajstić information content (AvgIpc) is 3.03. The van der Waals surface area contributed by atoms with E-state index in [9.17, 15) is 9.59 Å². The van der Waals surface area contributed by atoms with E-state index in [1.54, 1.807) is 0 Å². The van der Waals surface area contributed by atoms with Gasteiger partial charge in [0.25, 0.3) is 0 Å². The number of hydrogen-bond donors (Lipinski definition) is 1. The largest absolute Gasteiger partial charge is 0.367 e. The Hall–Kier alpha value is -2.56. The molecular formula is C22H29N3O2. The Balaban J connectivity index is 1.52. The fourth-order valence-electron chi connectivity index (χ4n) is 3.48. The molecule has 0 radical (unpaired) electrons. The van der Waals surface area contributed by atoms with Gasteiger partial charge in [0.1, 0.15) is 0 Å². The third-order valence-corrected chi connectivity index (χ3v) is 5.22. The summed E-state index contributed by atoms with van der Waals surface area (Å²) in [5.74, 6) is 0.774. The van der Waals surface area contributed by atoms with Crippen LogP contribution >= 0.6 is 0 Å². The van der Waals surface area contributed by atoms with Crippen molar-refractivity contribution >= 4 is 11.8 Å². The van der Waals surface area contributed by atoms with E-state index in [2.05, 4.69) is 43.1 Å². The molecule has 0 atom stereocenters. The number of amides is 2. The maximum absolute atomic E-state index is 12.7. The summed E-state index contributed by atoms with van der Waals surface area (Å²) in [6.45, 7) is 7.00. The van der Waals surface area contributed by atoms with Crippen molar-refractivity contribution in [1.29, 1.82) is 0 Å². The number of nitrogens with one attached hydrogen (secondary N) is 1. The van der Waals surface area contributed by atoms with Crippen LogP contribution in [0.3, 0.4) is 0 Å². The standard InChI is InChI=1S/C22H29N3O2/c1-17(2)20-6-4-18(5-7-20)14-21(26)24-10-3-11-25(13-12-24)22(27)15-19-8-9-23-16-19/h4-9,16-17,23H,3,10-15H2,1-2H3. The van der Waals surface area contributed by atoms with E-state index in [0.717, 1.165) is 30.6 Å². The Labute approximate surface area is 161 Å². The first-order valence-electron chi connectivity index (χ1n) is 9.79. The van der Waals surface area contributed by atoms with Crippen molar-refractivity contribution < 1.29 is 9.59 Å². The topological polar surface area (TPSA) is 56.4 Å². The molecule has 0 bridgehead atoms. The maximum Gasteiger partial charge on any atom is 0.227 e. The van der Waals surface area contributed by atoms with Crippen molar-refractivity contribution in [3.8, 4) is 0 Å². The van der Waals surface area contributed by atoms with Gasteiger partial charge in [0.2, 0.25) is 11.8 Å². The molecule has 0 spiro atoms. The summed E-state index contributed by atoms with van der Waals surface area (Å²) >= 11 is 0. The molecule has 1 aromatic carbocycles. The molecule has 144 valence electrons. The normalized spacial score (nSPS) is 15.1. The monoisotopic (exact) mass is 367 g/mol. The number of rotatable bonds is 5. The van der Waals surface area contributed by atoms with Crippen LogP contribution in [0.5, 0.6) is 0 Å². The second kappa shape index (κ2) is 8.89. The Morgan fingerprint density at radius 1 is 0.889 bits per heavy atom. The van der Waals surface area contributed by atoms with Crippen molar-refractivity contribution in [2.75, 3.05) is 26.2 Å². The number of benzene rings is 1. The molecule has 1 fully saturated rings. The molecule has 0 unspecified atom stereocenters. The molecule has 5 nitrogen and oxygen atoms in total. The molecule has 2 aromatic rings. The van der Waals surface area contributed by atoms with Crippen LogP contribution < -0.4 is 0 Å². The van der Waals surface area contributed by atoms with Gasteiger partial charge in [0.05, 0.1) is 12.8 Å². The van der Waals surface area contributed by atoms with Crippen LogP contribution in [-0.2, 0) is 22.4 Å². The second-order valence-electron chi connectivity index (χ2n) is 7.58. The highest BCUT2D eigenvalue weighted by atomic mass is 16.2. The average molecular weight is 367 g/mol. The van der Waals surface area contributed by atoms with Gasteiger partial charge in [-0.05, 0) is 35.1 Å². The van der Waals surface area contributed by atoms with Gasteiger partial charge in [0, 0.05) is 38.6 Å². The highest BCUT2D eigenvalue weighted by Gasteiger charge is 2.22. The maximum atomic E-state index is 12.7. The van der Waals surface area contributed by atoms with E-state index in [1.165, 1.54) is 5.56 Å². The quantitative estimate of drug-likeness (QED) is 0.883. The molecule has 2 amide bonds. The first-order valence-corrected chi connectivity index (χ1v) is 9.79. The number of nitrogens with zero attached hydrogens (tertiary/aromatic N) is 2. The Kier molecular flexibility index (Phi) is 6.32. The van der Waals surface area contributed by atoms with E-state index in [1.807, 2.05) is 28.3 Å². The van der Waals surface area contributed by atoms with Gasteiger partial charge in [-0.2, -0.15) is 0 Å². The van der Waals surface area contributed by atoms with Crippen LogP contribution in [0.1, 0.15) is 42.9 Å². The minimum atomic E-state index is 0.133. The highest BCUT2D eigenvalue weighted by molar-refractivity contribution is 5.80. The van der Waals surface area contributed by atoms with Crippen LogP contribution in [0, 0.1) is 0 Å². The summed E-state index contributed by atoms with van der Waals surface area (Å²) in [6.07, 6.45) is 5.36. The predicted octanol–water partition coefficient (Wildman–Crippen LogP) is 2.98. The molecule has 2 heterocycles. The fourth-order valence-corrected chi connectivity index (χ4v) is 3.48. The molecule has 1 aromatic heterocycles. The predicted molar refractivity (Wildman–Crippen MR) is 107 cm³/mol. The SMILES string of the molecule is CC(C)c1ccc(CC(=O)N2CCCN(C(=O)Cc3cc[nH]c3)CC2)cc1. The van der Waals surface area contributed by atoms with Gasteiger partial charge < -0.3 is 14.8 Å².